The fourth-order valence-corrected chi connectivity index (χ4v) is 4.33. The normalized spacial score (nSPS) is 17.7. The lowest BCUT2D eigenvalue weighted by atomic mass is 10.2. The molecule has 2 N–H and O–H groups in total. The minimum absolute atomic E-state index is 0.00507. The molecule has 8 heteroatoms. The molecular weight excluding hydrogens is 354 g/mol. The van der Waals surface area contributed by atoms with Crippen molar-refractivity contribution in [1.29, 1.82) is 0 Å². The number of sulfonamides is 1. The van der Waals surface area contributed by atoms with Crippen molar-refractivity contribution < 1.29 is 22.9 Å². The predicted molar refractivity (Wildman–Crippen MR) is 98.7 cm³/mol. The zero-order valence-electron chi connectivity index (χ0n) is 15.6. The average molecular weight is 383 g/mol. The van der Waals surface area contributed by atoms with Crippen LogP contribution in [0.1, 0.15) is 37.6 Å². The lowest BCUT2D eigenvalue weighted by Gasteiger charge is -2.31. The summed E-state index contributed by atoms with van der Waals surface area (Å²) in [6, 6.07) is 6.18. The predicted octanol–water partition coefficient (Wildman–Crippen LogP) is -0.307. The maximum atomic E-state index is 12.7. The van der Waals surface area contributed by atoms with E-state index in [-0.39, 0.29) is 22.6 Å². The third-order valence-electron chi connectivity index (χ3n) is 4.76. The number of Topliss-reactive ketones (excluding diaryl/α,β-unsaturated/α-hetero) is 1. The highest BCUT2D eigenvalue weighted by atomic mass is 32.2. The Balaban J connectivity index is 1.93. The molecule has 0 bridgehead atoms. The fourth-order valence-electron chi connectivity index (χ4n) is 2.89. The Kier molecular flexibility index (Phi) is 6.91. The fraction of sp³-hybridized carbons (Fsp3) is 0.556. The summed E-state index contributed by atoms with van der Waals surface area (Å²) in [5, 5.41) is 2.94. The van der Waals surface area contributed by atoms with Crippen LogP contribution in [0.3, 0.4) is 0 Å². The van der Waals surface area contributed by atoms with Gasteiger partial charge in [-0.15, -0.1) is 0 Å². The molecule has 1 saturated heterocycles. The van der Waals surface area contributed by atoms with Crippen molar-refractivity contribution in [3.05, 3.63) is 29.8 Å². The Morgan fingerprint density at radius 1 is 1.19 bits per heavy atom. The van der Waals surface area contributed by atoms with Gasteiger partial charge in [0.05, 0.1) is 31.1 Å². The van der Waals surface area contributed by atoms with Gasteiger partial charge in [0, 0.05) is 11.6 Å². The van der Waals surface area contributed by atoms with Crippen molar-refractivity contribution in [3.8, 4) is 0 Å². The first-order chi connectivity index (χ1) is 12.2. The number of ketones is 1. The molecule has 0 aromatic heterocycles. The smallest absolute Gasteiger partial charge is 0.275 e. The molecule has 1 atom stereocenters. The highest BCUT2D eigenvalue weighted by Crippen LogP contribution is 2.16. The van der Waals surface area contributed by atoms with Crippen LogP contribution in [0.2, 0.25) is 0 Å². The van der Waals surface area contributed by atoms with Gasteiger partial charge in [-0.25, -0.2) is 8.42 Å². The van der Waals surface area contributed by atoms with E-state index in [0.29, 0.717) is 38.3 Å². The monoisotopic (exact) mass is 382 g/mol. The summed E-state index contributed by atoms with van der Waals surface area (Å²) < 4.78 is 26.9. The third-order valence-corrected chi connectivity index (χ3v) is 6.67. The van der Waals surface area contributed by atoms with Crippen molar-refractivity contribution in [2.45, 2.75) is 38.1 Å². The van der Waals surface area contributed by atoms with Gasteiger partial charge in [0.15, 0.2) is 12.3 Å². The number of nitrogens with one attached hydrogen (secondary N) is 2. The second-order valence-electron chi connectivity index (χ2n) is 6.79. The summed E-state index contributed by atoms with van der Waals surface area (Å²) in [5.74, 6) is -0.0905. The standard InChI is InChI=1S/C18H27N3O4S/c1-4-14(2)19-18(23)13-20-9-11-21(12-10-20)26(24,25)17-7-5-16(6-8-17)15(3)22/h5-8,14H,4,9-13H2,1-3H3,(H,19,23)/p+1/t14-/m0/s1. The van der Waals surface area contributed by atoms with Gasteiger partial charge >= 0.3 is 0 Å². The zero-order valence-corrected chi connectivity index (χ0v) is 16.4. The molecular formula is C18H28N3O4S+. The van der Waals surface area contributed by atoms with Gasteiger partial charge in [0.2, 0.25) is 10.0 Å². The SMILES string of the molecule is CC[C@H](C)NC(=O)C[NH+]1CCN(S(=O)(=O)c2ccc(C(C)=O)cc2)CC1. The number of benzene rings is 1. The second-order valence-corrected chi connectivity index (χ2v) is 8.73. The average Bonchev–Trinajstić information content (AvgIpc) is 2.62. The van der Waals surface area contributed by atoms with Crippen molar-refractivity contribution >= 4 is 21.7 Å². The Labute approximate surface area is 155 Å². The van der Waals surface area contributed by atoms with Gasteiger partial charge in [0.25, 0.3) is 5.91 Å². The van der Waals surface area contributed by atoms with Crippen LogP contribution in [-0.2, 0) is 14.8 Å². The number of nitrogens with zero attached hydrogens (tertiary/aromatic N) is 1. The minimum Gasteiger partial charge on any atom is -0.349 e. The molecule has 1 fully saturated rings. The molecule has 1 heterocycles. The van der Waals surface area contributed by atoms with Crippen LogP contribution in [-0.4, -0.2) is 63.2 Å². The van der Waals surface area contributed by atoms with Gasteiger partial charge in [0.1, 0.15) is 0 Å². The summed E-state index contributed by atoms with van der Waals surface area (Å²) >= 11 is 0. The lowest BCUT2D eigenvalue weighted by molar-refractivity contribution is -0.895. The summed E-state index contributed by atoms with van der Waals surface area (Å²) in [4.78, 5) is 24.6. The van der Waals surface area contributed by atoms with E-state index in [0.717, 1.165) is 11.3 Å². The Hall–Kier alpha value is -1.77. The van der Waals surface area contributed by atoms with Gasteiger partial charge < -0.3 is 10.2 Å². The van der Waals surface area contributed by atoms with Gasteiger partial charge in [-0.3, -0.25) is 9.59 Å². The van der Waals surface area contributed by atoms with Gasteiger partial charge in [-0.1, -0.05) is 19.1 Å². The highest BCUT2D eigenvalue weighted by molar-refractivity contribution is 7.89. The van der Waals surface area contributed by atoms with E-state index >= 15 is 0 Å². The first-order valence-electron chi connectivity index (χ1n) is 8.98. The van der Waals surface area contributed by atoms with E-state index in [4.69, 9.17) is 0 Å². The van der Waals surface area contributed by atoms with E-state index < -0.39 is 10.0 Å². The molecule has 2 rings (SSSR count). The summed E-state index contributed by atoms with van der Waals surface area (Å²) in [5.41, 5.74) is 0.491. The van der Waals surface area contributed by atoms with Crippen LogP contribution in [0.5, 0.6) is 0 Å². The highest BCUT2D eigenvalue weighted by Gasteiger charge is 2.31. The lowest BCUT2D eigenvalue weighted by Crippen LogP contribution is -3.15. The molecule has 1 aromatic carbocycles. The molecule has 0 saturated carbocycles. The van der Waals surface area contributed by atoms with Crippen molar-refractivity contribution in [2.75, 3.05) is 32.7 Å². The number of carbonyl (C=O) groups excluding carboxylic acids is 2. The van der Waals surface area contributed by atoms with E-state index in [1.807, 2.05) is 13.8 Å². The van der Waals surface area contributed by atoms with Crippen LogP contribution in [0.25, 0.3) is 0 Å². The Morgan fingerprint density at radius 2 is 1.77 bits per heavy atom. The Morgan fingerprint density at radius 3 is 2.27 bits per heavy atom. The molecule has 26 heavy (non-hydrogen) atoms. The molecule has 1 aliphatic rings. The minimum atomic E-state index is -3.57. The molecule has 0 spiro atoms. The maximum absolute atomic E-state index is 12.7. The molecule has 0 unspecified atom stereocenters. The molecule has 0 radical (unpaired) electrons. The zero-order chi connectivity index (χ0) is 19.3. The summed E-state index contributed by atoms with van der Waals surface area (Å²) in [6.07, 6.45) is 0.884. The van der Waals surface area contributed by atoms with Crippen LogP contribution < -0.4 is 10.2 Å². The summed E-state index contributed by atoms with van der Waals surface area (Å²) in [6.45, 7) is 7.75. The third kappa shape index (κ3) is 5.12. The van der Waals surface area contributed by atoms with E-state index in [2.05, 4.69) is 5.32 Å². The summed E-state index contributed by atoms with van der Waals surface area (Å²) in [7, 11) is -3.57. The van der Waals surface area contributed by atoms with E-state index in [1.165, 1.54) is 35.5 Å². The number of carbonyl (C=O) groups is 2. The second kappa shape index (κ2) is 8.75. The van der Waals surface area contributed by atoms with Crippen molar-refractivity contribution in [1.82, 2.24) is 9.62 Å². The van der Waals surface area contributed by atoms with E-state index in [1.54, 1.807) is 0 Å². The van der Waals surface area contributed by atoms with Crippen molar-refractivity contribution in [3.63, 3.8) is 0 Å². The molecule has 1 aliphatic heterocycles. The van der Waals surface area contributed by atoms with Crippen LogP contribution in [0, 0.1) is 0 Å². The number of piperazine rings is 1. The molecule has 1 aromatic rings. The molecule has 7 nitrogen and oxygen atoms in total. The Bertz CT molecular complexity index is 738. The number of hydrogen-bond acceptors (Lipinski definition) is 4. The molecule has 1 amide bonds. The first kappa shape index (κ1) is 20.5. The largest absolute Gasteiger partial charge is 0.349 e. The number of quaternary nitrogens is 1. The quantitative estimate of drug-likeness (QED) is 0.634. The number of rotatable bonds is 7. The van der Waals surface area contributed by atoms with Gasteiger partial charge in [-0.2, -0.15) is 4.31 Å². The van der Waals surface area contributed by atoms with Gasteiger partial charge in [-0.05, 0) is 32.4 Å². The van der Waals surface area contributed by atoms with E-state index in [9.17, 15) is 18.0 Å². The molecule has 0 aliphatic carbocycles. The number of hydrogen-bond donors (Lipinski definition) is 2. The van der Waals surface area contributed by atoms with Crippen LogP contribution in [0.15, 0.2) is 29.2 Å². The van der Waals surface area contributed by atoms with Crippen LogP contribution in [0.4, 0.5) is 0 Å². The maximum Gasteiger partial charge on any atom is 0.275 e. The molecule has 144 valence electrons. The first-order valence-corrected chi connectivity index (χ1v) is 10.4. The number of amides is 1. The van der Waals surface area contributed by atoms with Crippen LogP contribution >= 0.6 is 0 Å². The van der Waals surface area contributed by atoms with Crippen molar-refractivity contribution in [2.24, 2.45) is 0 Å². The topological polar surface area (TPSA) is 88.0 Å².